The van der Waals surface area contributed by atoms with E-state index in [-0.39, 0.29) is 17.7 Å². The van der Waals surface area contributed by atoms with Crippen LogP contribution in [0.2, 0.25) is 0 Å². The van der Waals surface area contributed by atoms with Gasteiger partial charge in [0.25, 0.3) is 0 Å². The molecule has 1 saturated heterocycles. The fraction of sp³-hybridized carbons (Fsp3) is 0.467. The minimum absolute atomic E-state index is 0.00795. The average Bonchev–Trinajstić information content (AvgIpc) is 2.82. The van der Waals surface area contributed by atoms with Crippen LogP contribution < -0.4 is 10.2 Å². The molecule has 0 bridgehead atoms. The molecule has 1 aliphatic rings. The van der Waals surface area contributed by atoms with Gasteiger partial charge in [0.1, 0.15) is 0 Å². The van der Waals surface area contributed by atoms with Gasteiger partial charge in [0.05, 0.1) is 5.92 Å². The Labute approximate surface area is 127 Å². The molecule has 0 radical (unpaired) electrons. The lowest BCUT2D eigenvalue weighted by molar-refractivity contribution is -0.126. The fourth-order valence-electron chi connectivity index (χ4n) is 2.29. The van der Waals surface area contributed by atoms with Crippen LogP contribution in [0.4, 0.5) is 5.69 Å². The van der Waals surface area contributed by atoms with Crippen LogP contribution in [0.5, 0.6) is 0 Å². The summed E-state index contributed by atoms with van der Waals surface area (Å²) in [5, 5.41) is 2.90. The van der Waals surface area contributed by atoms with E-state index in [4.69, 9.17) is 0 Å². The topological polar surface area (TPSA) is 49.4 Å². The number of nitrogens with zero attached hydrogens (tertiary/aromatic N) is 1. The van der Waals surface area contributed by atoms with E-state index in [0.717, 1.165) is 23.0 Å². The number of unbranched alkanes of at least 4 members (excludes halogenated alkanes) is 1. The molecule has 1 fully saturated rings. The number of halogens is 1. The molecule has 2 rings (SSSR count). The van der Waals surface area contributed by atoms with Crippen molar-refractivity contribution in [2.45, 2.75) is 26.2 Å². The van der Waals surface area contributed by atoms with E-state index in [0.29, 0.717) is 19.5 Å². The largest absolute Gasteiger partial charge is 0.356 e. The number of benzene rings is 1. The molecule has 1 heterocycles. The van der Waals surface area contributed by atoms with Crippen LogP contribution in [0.3, 0.4) is 0 Å². The second-order valence-electron chi connectivity index (χ2n) is 5.03. The number of carbonyl (C=O) groups is 2. The van der Waals surface area contributed by atoms with Gasteiger partial charge in [0, 0.05) is 29.7 Å². The lowest BCUT2D eigenvalue weighted by atomic mass is 10.1. The zero-order valence-corrected chi connectivity index (χ0v) is 13.1. The van der Waals surface area contributed by atoms with E-state index < -0.39 is 0 Å². The van der Waals surface area contributed by atoms with Gasteiger partial charge in [-0.1, -0.05) is 29.3 Å². The Morgan fingerprint density at radius 1 is 1.40 bits per heavy atom. The summed E-state index contributed by atoms with van der Waals surface area (Å²) in [6.45, 7) is 3.25. The summed E-state index contributed by atoms with van der Waals surface area (Å²) in [6, 6.07) is 7.58. The number of amides is 2. The Morgan fingerprint density at radius 3 is 2.75 bits per heavy atom. The zero-order chi connectivity index (χ0) is 14.5. The van der Waals surface area contributed by atoms with Gasteiger partial charge in [-0.2, -0.15) is 0 Å². The van der Waals surface area contributed by atoms with Crippen molar-refractivity contribution in [2.75, 3.05) is 18.0 Å². The van der Waals surface area contributed by atoms with E-state index in [1.165, 1.54) is 0 Å². The molecule has 0 saturated carbocycles. The van der Waals surface area contributed by atoms with Crippen molar-refractivity contribution in [1.82, 2.24) is 5.32 Å². The van der Waals surface area contributed by atoms with Gasteiger partial charge < -0.3 is 10.2 Å². The van der Waals surface area contributed by atoms with E-state index in [1.807, 2.05) is 24.3 Å². The molecule has 0 spiro atoms. The van der Waals surface area contributed by atoms with Crippen molar-refractivity contribution in [3.63, 3.8) is 0 Å². The van der Waals surface area contributed by atoms with Gasteiger partial charge in [0.15, 0.2) is 0 Å². The van der Waals surface area contributed by atoms with E-state index in [9.17, 15) is 9.59 Å². The smallest absolute Gasteiger partial charge is 0.227 e. The SMILES string of the molecule is CCCCNC(=O)[C@@H]1CC(=O)N(c2ccc(Br)cc2)C1. The summed E-state index contributed by atoms with van der Waals surface area (Å²) < 4.78 is 0.974. The molecule has 0 unspecified atom stereocenters. The highest BCUT2D eigenvalue weighted by atomic mass is 79.9. The van der Waals surface area contributed by atoms with E-state index >= 15 is 0 Å². The molecule has 1 aromatic rings. The summed E-state index contributed by atoms with van der Waals surface area (Å²) in [5.41, 5.74) is 0.849. The normalized spacial score (nSPS) is 18.4. The summed E-state index contributed by atoms with van der Waals surface area (Å²) >= 11 is 3.37. The monoisotopic (exact) mass is 338 g/mol. The Morgan fingerprint density at radius 2 is 2.10 bits per heavy atom. The van der Waals surface area contributed by atoms with Crippen molar-refractivity contribution in [3.05, 3.63) is 28.7 Å². The maximum atomic E-state index is 12.0. The number of anilines is 1. The van der Waals surface area contributed by atoms with E-state index in [2.05, 4.69) is 28.2 Å². The lowest BCUT2D eigenvalue weighted by Gasteiger charge is -2.16. The summed E-state index contributed by atoms with van der Waals surface area (Å²) in [5.74, 6) is -0.225. The number of hydrogen-bond acceptors (Lipinski definition) is 2. The predicted molar refractivity (Wildman–Crippen MR) is 82.5 cm³/mol. The maximum Gasteiger partial charge on any atom is 0.227 e. The molecule has 1 aliphatic heterocycles. The molecule has 4 nitrogen and oxygen atoms in total. The summed E-state index contributed by atoms with van der Waals surface area (Å²) in [4.78, 5) is 25.7. The fourth-order valence-corrected chi connectivity index (χ4v) is 2.55. The third kappa shape index (κ3) is 3.60. The minimum atomic E-state index is -0.233. The highest BCUT2D eigenvalue weighted by molar-refractivity contribution is 9.10. The number of nitrogens with one attached hydrogen (secondary N) is 1. The molecule has 0 aromatic heterocycles. The third-order valence-electron chi connectivity index (χ3n) is 3.46. The van der Waals surface area contributed by atoms with Crippen molar-refractivity contribution in [3.8, 4) is 0 Å². The quantitative estimate of drug-likeness (QED) is 0.839. The first kappa shape index (κ1) is 15.0. The van der Waals surface area contributed by atoms with Crippen LogP contribution in [0, 0.1) is 5.92 Å². The second-order valence-corrected chi connectivity index (χ2v) is 5.94. The average molecular weight is 339 g/mol. The predicted octanol–water partition coefficient (Wildman–Crippen LogP) is 2.72. The first-order chi connectivity index (χ1) is 9.61. The molecule has 5 heteroatoms. The van der Waals surface area contributed by atoms with Crippen LogP contribution in [0.25, 0.3) is 0 Å². The van der Waals surface area contributed by atoms with Crippen LogP contribution in [0.15, 0.2) is 28.7 Å². The number of hydrogen-bond donors (Lipinski definition) is 1. The highest BCUT2D eigenvalue weighted by Gasteiger charge is 2.34. The first-order valence-electron chi connectivity index (χ1n) is 6.95. The van der Waals surface area contributed by atoms with Crippen molar-refractivity contribution in [2.24, 2.45) is 5.92 Å². The maximum absolute atomic E-state index is 12.0. The first-order valence-corrected chi connectivity index (χ1v) is 7.74. The van der Waals surface area contributed by atoms with Crippen LogP contribution >= 0.6 is 15.9 Å². The van der Waals surface area contributed by atoms with Crippen molar-refractivity contribution >= 4 is 33.4 Å². The molecule has 0 aliphatic carbocycles. The number of rotatable bonds is 5. The van der Waals surface area contributed by atoms with Gasteiger partial charge in [-0.25, -0.2) is 0 Å². The molecule has 1 atom stereocenters. The van der Waals surface area contributed by atoms with Crippen molar-refractivity contribution < 1.29 is 9.59 Å². The Bertz CT molecular complexity index is 487. The van der Waals surface area contributed by atoms with Crippen LogP contribution in [0.1, 0.15) is 26.2 Å². The molecular formula is C15H19BrN2O2. The Kier molecular flexibility index (Phi) is 5.17. The zero-order valence-electron chi connectivity index (χ0n) is 11.6. The van der Waals surface area contributed by atoms with Crippen LogP contribution in [-0.4, -0.2) is 24.9 Å². The molecule has 1 N–H and O–H groups in total. The van der Waals surface area contributed by atoms with Crippen molar-refractivity contribution in [1.29, 1.82) is 0 Å². The van der Waals surface area contributed by atoms with Gasteiger partial charge >= 0.3 is 0 Å². The number of carbonyl (C=O) groups excluding carboxylic acids is 2. The van der Waals surface area contributed by atoms with Crippen LogP contribution in [-0.2, 0) is 9.59 Å². The van der Waals surface area contributed by atoms with Gasteiger partial charge in [-0.15, -0.1) is 0 Å². The Hall–Kier alpha value is -1.36. The van der Waals surface area contributed by atoms with Gasteiger partial charge in [-0.3, -0.25) is 9.59 Å². The molecular weight excluding hydrogens is 320 g/mol. The molecule has 2 amide bonds. The Balaban J connectivity index is 1.96. The molecule has 108 valence electrons. The standard InChI is InChI=1S/C15H19BrN2O2/c1-2-3-8-17-15(20)11-9-14(19)18(10-11)13-6-4-12(16)5-7-13/h4-7,11H,2-3,8-10H2,1H3,(H,17,20)/t11-/m1/s1. The lowest BCUT2D eigenvalue weighted by Crippen LogP contribution is -2.33. The molecule has 1 aromatic carbocycles. The summed E-state index contributed by atoms with van der Waals surface area (Å²) in [6.07, 6.45) is 2.33. The second kappa shape index (κ2) is 6.88. The van der Waals surface area contributed by atoms with Gasteiger partial charge in [-0.05, 0) is 30.7 Å². The minimum Gasteiger partial charge on any atom is -0.356 e. The van der Waals surface area contributed by atoms with E-state index in [1.54, 1.807) is 4.90 Å². The third-order valence-corrected chi connectivity index (χ3v) is 3.99. The highest BCUT2D eigenvalue weighted by Crippen LogP contribution is 2.26. The molecule has 20 heavy (non-hydrogen) atoms. The summed E-state index contributed by atoms with van der Waals surface area (Å²) in [7, 11) is 0. The van der Waals surface area contributed by atoms with Gasteiger partial charge in [0.2, 0.25) is 11.8 Å².